The van der Waals surface area contributed by atoms with Crippen molar-refractivity contribution in [3.05, 3.63) is 46.7 Å². The van der Waals surface area contributed by atoms with Gasteiger partial charge in [-0.25, -0.2) is 18.4 Å². The van der Waals surface area contributed by atoms with E-state index < -0.39 is 24.1 Å². The number of carbonyl (C=O) groups is 2. The summed E-state index contributed by atoms with van der Waals surface area (Å²) in [6.45, 7) is 7.20. The molecule has 31 heavy (non-hydrogen) atoms. The lowest BCUT2D eigenvalue weighted by atomic mass is 10.0. The minimum atomic E-state index is -2.67. The van der Waals surface area contributed by atoms with Crippen molar-refractivity contribution in [3.63, 3.8) is 0 Å². The van der Waals surface area contributed by atoms with Gasteiger partial charge >= 0.3 is 12.1 Å². The van der Waals surface area contributed by atoms with Gasteiger partial charge in [-0.2, -0.15) is 0 Å². The first-order valence-corrected chi connectivity index (χ1v) is 10.1. The molecular weight excluding hydrogens is 408 g/mol. The third-order valence-corrected chi connectivity index (χ3v) is 4.49. The smallest absolute Gasteiger partial charge is 0.410 e. The number of amides is 1. The number of hydrogen-bond donors (Lipinski definition) is 1. The second-order valence-corrected chi connectivity index (χ2v) is 8.04. The Morgan fingerprint density at radius 3 is 2.55 bits per heavy atom. The molecule has 0 spiro atoms. The Morgan fingerprint density at radius 2 is 1.94 bits per heavy atom. The van der Waals surface area contributed by atoms with E-state index in [9.17, 15) is 18.4 Å². The molecule has 1 amide bonds. The zero-order valence-corrected chi connectivity index (χ0v) is 18.3. The first-order valence-electron chi connectivity index (χ1n) is 10.1. The van der Waals surface area contributed by atoms with Gasteiger partial charge in [-0.3, -0.25) is 4.99 Å². The van der Waals surface area contributed by atoms with Crippen molar-refractivity contribution in [2.45, 2.75) is 52.7 Å². The van der Waals surface area contributed by atoms with Crippen LogP contribution in [-0.2, 0) is 20.8 Å². The quantitative estimate of drug-likeness (QED) is 0.537. The van der Waals surface area contributed by atoms with Gasteiger partial charge in [-0.05, 0) is 33.3 Å². The van der Waals surface area contributed by atoms with Crippen LogP contribution >= 0.6 is 0 Å². The minimum absolute atomic E-state index is 0.00882. The highest BCUT2D eigenvalue weighted by atomic mass is 19.3. The van der Waals surface area contributed by atoms with Crippen molar-refractivity contribution in [1.29, 1.82) is 0 Å². The number of rotatable bonds is 6. The van der Waals surface area contributed by atoms with E-state index >= 15 is 0 Å². The molecule has 0 fully saturated rings. The van der Waals surface area contributed by atoms with Crippen LogP contribution in [0.25, 0.3) is 0 Å². The zero-order chi connectivity index (χ0) is 23.2. The molecule has 2 N–H and O–H groups in total. The van der Waals surface area contributed by atoms with Crippen LogP contribution in [0.3, 0.4) is 0 Å². The number of halogens is 2. The largest absolute Gasteiger partial charge is 0.461 e. The van der Waals surface area contributed by atoms with Crippen LogP contribution in [0.5, 0.6) is 0 Å². The summed E-state index contributed by atoms with van der Waals surface area (Å²) in [5.41, 5.74) is 6.26. The summed E-state index contributed by atoms with van der Waals surface area (Å²) in [7, 11) is 0. The third-order valence-electron chi connectivity index (χ3n) is 4.49. The molecule has 7 nitrogen and oxygen atoms in total. The number of hydrogen-bond acceptors (Lipinski definition) is 6. The fraction of sp³-hybridized carbons (Fsp3) is 0.500. The summed E-state index contributed by atoms with van der Waals surface area (Å²) in [6.07, 6.45) is -2.89. The Bertz CT molecular complexity index is 876. The molecule has 0 radical (unpaired) electrons. The zero-order valence-electron chi connectivity index (χ0n) is 18.3. The Hall–Kier alpha value is -2.97. The van der Waals surface area contributed by atoms with Crippen LogP contribution in [0, 0.1) is 0 Å². The minimum Gasteiger partial charge on any atom is -0.461 e. The monoisotopic (exact) mass is 437 g/mol. The van der Waals surface area contributed by atoms with Crippen molar-refractivity contribution in [1.82, 2.24) is 4.90 Å². The summed E-state index contributed by atoms with van der Waals surface area (Å²) in [6, 6.07) is 5.98. The van der Waals surface area contributed by atoms with Crippen LogP contribution < -0.4 is 5.73 Å². The van der Waals surface area contributed by atoms with Gasteiger partial charge in [0.25, 0.3) is 6.43 Å². The molecule has 0 bridgehead atoms. The van der Waals surface area contributed by atoms with E-state index in [0.717, 1.165) is 0 Å². The maximum atomic E-state index is 13.3. The van der Waals surface area contributed by atoms with E-state index in [2.05, 4.69) is 4.99 Å². The van der Waals surface area contributed by atoms with Gasteiger partial charge in [-0.1, -0.05) is 24.3 Å². The second kappa shape index (κ2) is 10.4. The van der Waals surface area contributed by atoms with Gasteiger partial charge in [0, 0.05) is 29.8 Å². The molecule has 0 saturated heterocycles. The second-order valence-electron chi connectivity index (χ2n) is 8.04. The van der Waals surface area contributed by atoms with Crippen LogP contribution in [0.1, 0.15) is 51.7 Å². The van der Waals surface area contributed by atoms with Crippen molar-refractivity contribution in [2.75, 3.05) is 19.7 Å². The predicted molar refractivity (Wildman–Crippen MR) is 113 cm³/mol. The van der Waals surface area contributed by atoms with Crippen LogP contribution in [0.15, 0.2) is 40.5 Å². The van der Waals surface area contributed by atoms with Crippen LogP contribution in [0.4, 0.5) is 13.6 Å². The Kier molecular flexibility index (Phi) is 8.13. The molecule has 1 heterocycles. The summed E-state index contributed by atoms with van der Waals surface area (Å²) >= 11 is 0. The third kappa shape index (κ3) is 6.77. The lowest BCUT2D eigenvalue weighted by Crippen LogP contribution is -2.43. The fourth-order valence-electron chi connectivity index (χ4n) is 3.02. The Labute approximate surface area is 180 Å². The highest BCUT2D eigenvalue weighted by molar-refractivity contribution is 6.43. The number of alkyl halides is 2. The van der Waals surface area contributed by atoms with Crippen LogP contribution in [-0.4, -0.2) is 48.0 Å². The van der Waals surface area contributed by atoms with E-state index in [1.54, 1.807) is 33.8 Å². The highest BCUT2D eigenvalue weighted by Crippen LogP contribution is 2.24. The number of carbonyl (C=O) groups excluding carboxylic acids is 2. The topological polar surface area (TPSA) is 94.2 Å². The number of ether oxygens (including phenoxy) is 2. The number of esters is 1. The number of benzene rings is 1. The lowest BCUT2D eigenvalue weighted by Gasteiger charge is -2.31. The van der Waals surface area contributed by atoms with Gasteiger partial charge in [0.05, 0.1) is 19.7 Å². The predicted octanol–water partition coefficient (Wildman–Crippen LogP) is 3.98. The number of nitrogens with zero attached hydrogens (tertiary/aromatic N) is 2. The van der Waals surface area contributed by atoms with Crippen molar-refractivity contribution in [3.8, 4) is 0 Å². The molecule has 0 atom stereocenters. The summed E-state index contributed by atoms with van der Waals surface area (Å²) < 4.78 is 37.1. The summed E-state index contributed by atoms with van der Waals surface area (Å²) in [5, 5.41) is 0. The molecule has 2 rings (SSSR count). The molecule has 0 unspecified atom stereocenters. The highest BCUT2D eigenvalue weighted by Gasteiger charge is 2.31. The summed E-state index contributed by atoms with van der Waals surface area (Å²) in [5.74, 6) is -0.721. The van der Waals surface area contributed by atoms with Crippen molar-refractivity contribution < 1.29 is 27.8 Å². The maximum Gasteiger partial charge on any atom is 0.410 e. The van der Waals surface area contributed by atoms with Gasteiger partial charge in [0.1, 0.15) is 11.3 Å². The first kappa shape index (κ1) is 24.3. The van der Waals surface area contributed by atoms with Gasteiger partial charge in [-0.15, -0.1) is 0 Å². The lowest BCUT2D eigenvalue weighted by molar-refractivity contribution is -0.135. The average Bonchev–Trinajstić information content (AvgIpc) is 2.68. The molecule has 0 aromatic heterocycles. The van der Waals surface area contributed by atoms with Crippen LogP contribution in [0.2, 0.25) is 0 Å². The molecule has 9 heteroatoms. The molecule has 1 aliphatic heterocycles. The molecular formula is C22H29F2N3O4. The standard InChI is InChI=1S/C22H29F2N3O4/c1-5-30-20(28)18(26-12-14-8-6-7-9-15(14)19(23)24)16-13-27(11-10-17(16)25)21(29)31-22(2,3)4/h6-9,19H,5,10-13,25H2,1-4H3. The van der Waals surface area contributed by atoms with E-state index in [4.69, 9.17) is 15.2 Å². The van der Waals surface area contributed by atoms with E-state index in [1.807, 2.05) is 0 Å². The molecule has 0 saturated carbocycles. The molecule has 170 valence electrons. The molecule has 1 aromatic carbocycles. The van der Waals surface area contributed by atoms with E-state index in [1.165, 1.54) is 23.1 Å². The van der Waals surface area contributed by atoms with Gasteiger partial charge < -0.3 is 20.1 Å². The van der Waals surface area contributed by atoms with Gasteiger partial charge in [0.15, 0.2) is 0 Å². The number of aliphatic imine (C=N–C) groups is 1. The Balaban J connectivity index is 2.35. The Morgan fingerprint density at radius 1 is 1.26 bits per heavy atom. The van der Waals surface area contributed by atoms with E-state index in [-0.39, 0.29) is 31.0 Å². The summed E-state index contributed by atoms with van der Waals surface area (Å²) in [4.78, 5) is 30.8. The average molecular weight is 437 g/mol. The normalized spacial score (nSPS) is 15.3. The molecule has 1 aliphatic rings. The maximum absolute atomic E-state index is 13.3. The SMILES string of the molecule is CCOC(=O)C(=NCc1ccccc1C(F)F)C1=C(N)CCN(C(=O)OC(C)(C)C)C1. The van der Waals surface area contributed by atoms with Crippen molar-refractivity contribution >= 4 is 17.8 Å². The molecule has 1 aromatic rings. The fourth-order valence-corrected chi connectivity index (χ4v) is 3.02. The van der Waals surface area contributed by atoms with E-state index in [0.29, 0.717) is 29.8 Å². The first-order chi connectivity index (χ1) is 14.5. The van der Waals surface area contributed by atoms with Gasteiger partial charge in [0.2, 0.25) is 0 Å². The van der Waals surface area contributed by atoms with Crippen molar-refractivity contribution in [2.24, 2.45) is 10.7 Å². The molecule has 0 aliphatic carbocycles. The number of nitrogens with two attached hydrogens (primary N) is 1.